The average Bonchev–Trinajstić information content (AvgIpc) is 2.47. The second-order valence-corrected chi connectivity index (χ2v) is 7.05. The van der Waals surface area contributed by atoms with E-state index >= 15 is 0 Å². The lowest BCUT2D eigenvalue weighted by Gasteiger charge is -2.05. The van der Waals surface area contributed by atoms with Crippen molar-refractivity contribution in [3.05, 3.63) is 63.9 Å². The highest BCUT2D eigenvalue weighted by atomic mass is 32.2. The highest BCUT2D eigenvalue weighted by Crippen LogP contribution is 2.18. The molecule has 0 unspecified atom stereocenters. The Morgan fingerprint density at radius 1 is 1.13 bits per heavy atom. The number of rotatable bonds is 3. The highest BCUT2D eigenvalue weighted by Gasteiger charge is 2.08. The van der Waals surface area contributed by atoms with Crippen LogP contribution < -0.4 is 10.7 Å². The van der Waals surface area contributed by atoms with Crippen molar-refractivity contribution in [3.8, 4) is 11.4 Å². The molecule has 3 N–H and O–H groups in total. The third-order valence-electron chi connectivity index (χ3n) is 3.46. The zero-order valence-electron chi connectivity index (χ0n) is 12.4. The van der Waals surface area contributed by atoms with Gasteiger partial charge in [-0.3, -0.25) is 4.79 Å². The van der Waals surface area contributed by atoms with Gasteiger partial charge in [-0.15, -0.1) is 0 Å². The van der Waals surface area contributed by atoms with Crippen LogP contribution in [0.25, 0.3) is 22.3 Å². The predicted molar refractivity (Wildman–Crippen MR) is 89.3 cm³/mol. The maximum atomic E-state index is 12.2. The Hall–Kier alpha value is -2.51. The van der Waals surface area contributed by atoms with Gasteiger partial charge in [0.15, 0.2) is 0 Å². The fourth-order valence-electron chi connectivity index (χ4n) is 2.38. The van der Waals surface area contributed by atoms with E-state index in [9.17, 15) is 13.2 Å². The van der Waals surface area contributed by atoms with Gasteiger partial charge in [0.1, 0.15) is 5.82 Å². The van der Waals surface area contributed by atoms with E-state index < -0.39 is 10.0 Å². The zero-order chi connectivity index (χ0) is 16.6. The van der Waals surface area contributed by atoms with Crippen LogP contribution in [-0.2, 0) is 15.8 Å². The molecule has 6 nitrogen and oxygen atoms in total. The van der Waals surface area contributed by atoms with E-state index in [0.29, 0.717) is 27.9 Å². The molecule has 0 aliphatic carbocycles. The Morgan fingerprint density at radius 3 is 2.48 bits per heavy atom. The molecule has 0 radical (unpaired) electrons. The molecule has 0 fully saturated rings. The van der Waals surface area contributed by atoms with Crippen molar-refractivity contribution in [2.45, 2.75) is 12.7 Å². The van der Waals surface area contributed by atoms with Gasteiger partial charge in [0, 0.05) is 5.56 Å². The summed E-state index contributed by atoms with van der Waals surface area (Å²) in [6.45, 7) is 1.91. The molecule has 0 spiro atoms. The topological polar surface area (TPSA) is 106 Å². The van der Waals surface area contributed by atoms with Gasteiger partial charge in [0.25, 0.3) is 5.56 Å². The summed E-state index contributed by atoms with van der Waals surface area (Å²) in [4.78, 5) is 19.4. The lowest BCUT2D eigenvalue weighted by atomic mass is 10.1. The van der Waals surface area contributed by atoms with Crippen LogP contribution in [0.3, 0.4) is 0 Å². The maximum absolute atomic E-state index is 12.2. The van der Waals surface area contributed by atoms with Crippen molar-refractivity contribution in [2.24, 2.45) is 5.14 Å². The Morgan fingerprint density at radius 2 is 1.83 bits per heavy atom. The smallest absolute Gasteiger partial charge is 0.259 e. The van der Waals surface area contributed by atoms with E-state index in [-0.39, 0.29) is 11.3 Å². The van der Waals surface area contributed by atoms with Crippen molar-refractivity contribution in [1.29, 1.82) is 0 Å². The summed E-state index contributed by atoms with van der Waals surface area (Å²) in [5.41, 5.74) is 2.67. The number of H-pyrrole nitrogens is 1. The Labute approximate surface area is 133 Å². The molecule has 7 heteroatoms. The van der Waals surface area contributed by atoms with Gasteiger partial charge < -0.3 is 4.98 Å². The zero-order valence-corrected chi connectivity index (χ0v) is 13.2. The van der Waals surface area contributed by atoms with Gasteiger partial charge in [0.05, 0.1) is 16.7 Å². The highest BCUT2D eigenvalue weighted by molar-refractivity contribution is 7.88. The van der Waals surface area contributed by atoms with Gasteiger partial charge in [-0.2, -0.15) is 0 Å². The number of hydrogen-bond acceptors (Lipinski definition) is 4. The summed E-state index contributed by atoms with van der Waals surface area (Å²) in [5, 5.41) is 5.56. The molecule has 1 aromatic heterocycles. The molecule has 0 saturated heterocycles. The number of aromatic nitrogens is 2. The molecule has 3 rings (SSSR count). The van der Waals surface area contributed by atoms with E-state index in [4.69, 9.17) is 5.14 Å². The van der Waals surface area contributed by atoms with Crippen LogP contribution in [0, 0.1) is 6.92 Å². The van der Waals surface area contributed by atoms with Crippen LogP contribution in [-0.4, -0.2) is 18.4 Å². The molecule has 1 heterocycles. The van der Waals surface area contributed by atoms with Crippen LogP contribution >= 0.6 is 0 Å². The van der Waals surface area contributed by atoms with E-state index in [2.05, 4.69) is 9.97 Å². The minimum Gasteiger partial charge on any atom is -0.306 e. The van der Waals surface area contributed by atoms with E-state index in [1.807, 2.05) is 13.0 Å². The Balaban J connectivity index is 2.03. The third kappa shape index (κ3) is 3.46. The van der Waals surface area contributed by atoms with Crippen molar-refractivity contribution < 1.29 is 8.42 Å². The molecule has 0 atom stereocenters. The summed E-state index contributed by atoms with van der Waals surface area (Å²) < 4.78 is 22.2. The van der Waals surface area contributed by atoms with Gasteiger partial charge in [-0.05, 0) is 24.6 Å². The summed E-state index contributed by atoms with van der Waals surface area (Å²) in [6.07, 6.45) is 0. The first-order valence-corrected chi connectivity index (χ1v) is 8.64. The van der Waals surface area contributed by atoms with E-state index in [1.165, 1.54) is 0 Å². The molecule has 118 valence electrons. The number of fused-ring (bicyclic) bond motifs is 1. The maximum Gasteiger partial charge on any atom is 0.259 e. The van der Waals surface area contributed by atoms with Crippen molar-refractivity contribution in [2.75, 3.05) is 0 Å². The number of nitrogens with two attached hydrogens (primary N) is 1. The Bertz CT molecular complexity index is 1040. The number of primary sulfonamides is 1. The minimum atomic E-state index is -3.57. The van der Waals surface area contributed by atoms with Crippen molar-refractivity contribution in [1.82, 2.24) is 9.97 Å². The molecule has 0 amide bonds. The van der Waals surface area contributed by atoms with Gasteiger partial charge >= 0.3 is 0 Å². The number of aromatic amines is 1. The predicted octanol–water partition coefficient (Wildman–Crippen LogP) is 1.69. The normalized spacial score (nSPS) is 11.7. The first-order chi connectivity index (χ1) is 10.8. The van der Waals surface area contributed by atoms with Crippen LogP contribution in [0.5, 0.6) is 0 Å². The fourth-order valence-corrected chi connectivity index (χ4v) is 3.04. The largest absolute Gasteiger partial charge is 0.306 e. The van der Waals surface area contributed by atoms with E-state index in [0.717, 1.165) is 5.56 Å². The molecule has 0 aliphatic heterocycles. The van der Waals surface area contributed by atoms with E-state index in [1.54, 1.807) is 36.4 Å². The SMILES string of the molecule is Cc1ccc2nc(-c3ccc(CS(N)(=O)=O)cc3)[nH]c(=O)c2c1. The van der Waals surface area contributed by atoms with Crippen LogP contribution in [0.15, 0.2) is 47.3 Å². The van der Waals surface area contributed by atoms with Crippen LogP contribution in [0.1, 0.15) is 11.1 Å². The fraction of sp³-hybridized carbons (Fsp3) is 0.125. The van der Waals surface area contributed by atoms with Crippen molar-refractivity contribution in [3.63, 3.8) is 0 Å². The standard InChI is InChI=1S/C16H15N3O3S/c1-10-2-7-14-13(8-10)16(20)19-15(18-14)12-5-3-11(4-6-12)9-23(17,21)22/h2-8H,9H2,1H3,(H2,17,21,22)(H,18,19,20). The van der Waals surface area contributed by atoms with Gasteiger partial charge in [0.2, 0.25) is 10.0 Å². The Kier molecular flexibility index (Phi) is 3.75. The molecule has 0 saturated carbocycles. The van der Waals surface area contributed by atoms with Gasteiger partial charge in [-0.25, -0.2) is 18.5 Å². The monoisotopic (exact) mass is 329 g/mol. The average molecular weight is 329 g/mol. The lowest BCUT2D eigenvalue weighted by Crippen LogP contribution is -2.14. The summed E-state index contributed by atoms with van der Waals surface area (Å²) in [7, 11) is -3.57. The number of sulfonamides is 1. The molecule has 0 bridgehead atoms. The number of benzene rings is 2. The number of nitrogens with one attached hydrogen (secondary N) is 1. The second kappa shape index (κ2) is 5.60. The summed E-state index contributed by atoms with van der Waals surface area (Å²) in [6, 6.07) is 12.2. The molecule has 0 aliphatic rings. The molecular weight excluding hydrogens is 314 g/mol. The number of aryl methyl sites for hydroxylation is 1. The summed E-state index contributed by atoms with van der Waals surface area (Å²) in [5.74, 6) is 0.210. The lowest BCUT2D eigenvalue weighted by molar-refractivity contribution is 0.597. The number of hydrogen-bond donors (Lipinski definition) is 2. The molecule has 23 heavy (non-hydrogen) atoms. The van der Waals surface area contributed by atoms with Crippen LogP contribution in [0.2, 0.25) is 0 Å². The third-order valence-corrected chi connectivity index (χ3v) is 4.19. The molecule has 3 aromatic rings. The van der Waals surface area contributed by atoms with Crippen LogP contribution in [0.4, 0.5) is 0 Å². The quantitative estimate of drug-likeness (QED) is 0.762. The van der Waals surface area contributed by atoms with Crippen molar-refractivity contribution >= 4 is 20.9 Å². The molecular formula is C16H15N3O3S. The first kappa shape index (κ1) is 15.4. The second-order valence-electron chi connectivity index (χ2n) is 5.44. The molecule has 2 aromatic carbocycles. The van der Waals surface area contributed by atoms with Gasteiger partial charge in [-0.1, -0.05) is 35.9 Å². The minimum absolute atomic E-state index is 0.206. The summed E-state index contributed by atoms with van der Waals surface area (Å²) >= 11 is 0. The first-order valence-electron chi connectivity index (χ1n) is 6.92. The number of nitrogens with zero attached hydrogens (tertiary/aromatic N) is 1.